The molecule has 1 unspecified atom stereocenters. The van der Waals surface area contributed by atoms with Crippen molar-refractivity contribution in [1.29, 1.82) is 0 Å². The van der Waals surface area contributed by atoms with Crippen LogP contribution in [0.5, 0.6) is 0 Å². The molecule has 5 nitrogen and oxygen atoms in total. The zero-order chi connectivity index (χ0) is 12.4. The highest BCUT2D eigenvalue weighted by Gasteiger charge is 2.33. The fourth-order valence-electron chi connectivity index (χ4n) is 2.78. The lowest BCUT2D eigenvalue weighted by Crippen LogP contribution is -2.55. The Morgan fingerprint density at radius 1 is 1.24 bits per heavy atom. The standard InChI is InChI=1S/C12H21N3O2/c1-9(16)14-7-4-10(5-8-14)15-6-2-3-11(13)12(15)17/h10-11H,2-8,13H2,1H3. The van der Waals surface area contributed by atoms with Crippen LogP contribution in [-0.2, 0) is 9.59 Å². The molecule has 0 aromatic heterocycles. The number of hydrogen-bond donors (Lipinski definition) is 1. The van der Waals surface area contributed by atoms with Gasteiger partial charge in [-0.3, -0.25) is 9.59 Å². The molecule has 0 spiro atoms. The molecule has 2 heterocycles. The molecule has 2 aliphatic rings. The molecule has 0 saturated carbocycles. The first kappa shape index (κ1) is 12.4. The number of nitrogens with zero attached hydrogens (tertiary/aromatic N) is 2. The highest BCUT2D eigenvalue weighted by Crippen LogP contribution is 2.21. The molecule has 2 aliphatic heterocycles. The van der Waals surface area contributed by atoms with Crippen molar-refractivity contribution >= 4 is 11.8 Å². The third kappa shape index (κ3) is 2.60. The highest BCUT2D eigenvalue weighted by atomic mass is 16.2. The van der Waals surface area contributed by atoms with Gasteiger partial charge in [0.25, 0.3) is 0 Å². The van der Waals surface area contributed by atoms with E-state index in [1.807, 2.05) is 9.80 Å². The van der Waals surface area contributed by atoms with Crippen LogP contribution in [0.3, 0.4) is 0 Å². The van der Waals surface area contributed by atoms with Crippen molar-refractivity contribution in [3.05, 3.63) is 0 Å². The van der Waals surface area contributed by atoms with Crippen molar-refractivity contribution in [2.24, 2.45) is 5.73 Å². The number of hydrogen-bond acceptors (Lipinski definition) is 3. The fraction of sp³-hybridized carbons (Fsp3) is 0.833. The summed E-state index contributed by atoms with van der Waals surface area (Å²) in [6.07, 6.45) is 3.58. The van der Waals surface area contributed by atoms with Crippen LogP contribution in [0.25, 0.3) is 0 Å². The van der Waals surface area contributed by atoms with Crippen LogP contribution < -0.4 is 5.73 Å². The zero-order valence-corrected chi connectivity index (χ0v) is 10.4. The number of likely N-dealkylation sites (tertiary alicyclic amines) is 2. The summed E-state index contributed by atoms with van der Waals surface area (Å²) < 4.78 is 0. The van der Waals surface area contributed by atoms with Crippen LogP contribution in [0.2, 0.25) is 0 Å². The van der Waals surface area contributed by atoms with E-state index in [4.69, 9.17) is 5.73 Å². The number of amides is 2. The summed E-state index contributed by atoms with van der Waals surface area (Å²) in [6, 6.07) is -0.0287. The summed E-state index contributed by atoms with van der Waals surface area (Å²) in [5.41, 5.74) is 5.80. The number of piperidine rings is 2. The highest BCUT2D eigenvalue weighted by molar-refractivity contribution is 5.82. The normalized spacial score (nSPS) is 27.4. The minimum Gasteiger partial charge on any atom is -0.343 e. The second-order valence-electron chi connectivity index (χ2n) is 5.02. The molecule has 2 N–H and O–H groups in total. The Hall–Kier alpha value is -1.10. The third-order valence-corrected chi connectivity index (χ3v) is 3.87. The average Bonchev–Trinajstić information content (AvgIpc) is 2.33. The van der Waals surface area contributed by atoms with E-state index in [9.17, 15) is 9.59 Å². The topological polar surface area (TPSA) is 66.6 Å². The summed E-state index contributed by atoms with van der Waals surface area (Å²) in [7, 11) is 0. The number of nitrogens with two attached hydrogens (primary N) is 1. The molecule has 0 bridgehead atoms. The summed E-state index contributed by atoms with van der Waals surface area (Å²) in [6.45, 7) is 3.96. The van der Waals surface area contributed by atoms with E-state index in [2.05, 4.69) is 0 Å². The zero-order valence-electron chi connectivity index (χ0n) is 10.4. The number of carbonyl (C=O) groups is 2. The van der Waals surface area contributed by atoms with Gasteiger partial charge < -0.3 is 15.5 Å². The van der Waals surface area contributed by atoms with Crippen molar-refractivity contribution in [3.63, 3.8) is 0 Å². The van der Waals surface area contributed by atoms with Crippen LogP contribution in [0.1, 0.15) is 32.6 Å². The summed E-state index contributed by atoms with van der Waals surface area (Å²) >= 11 is 0. The Kier molecular flexibility index (Phi) is 3.66. The monoisotopic (exact) mass is 239 g/mol. The molecule has 0 radical (unpaired) electrons. The summed E-state index contributed by atoms with van der Waals surface area (Å²) in [5.74, 6) is 0.225. The Morgan fingerprint density at radius 2 is 1.88 bits per heavy atom. The van der Waals surface area contributed by atoms with Gasteiger partial charge in [-0.15, -0.1) is 0 Å². The Morgan fingerprint density at radius 3 is 2.47 bits per heavy atom. The molecule has 5 heteroatoms. The van der Waals surface area contributed by atoms with Crippen LogP contribution >= 0.6 is 0 Å². The predicted octanol–water partition coefficient (Wildman–Crippen LogP) is -0.0530. The lowest BCUT2D eigenvalue weighted by atomic mass is 9.97. The molecule has 2 rings (SSSR count). The van der Waals surface area contributed by atoms with Crippen LogP contribution in [0.15, 0.2) is 0 Å². The number of carbonyl (C=O) groups excluding carboxylic acids is 2. The molecule has 2 amide bonds. The SMILES string of the molecule is CC(=O)N1CCC(N2CCCC(N)C2=O)CC1. The van der Waals surface area contributed by atoms with Gasteiger partial charge in [0.2, 0.25) is 11.8 Å². The van der Waals surface area contributed by atoms with E-state index < -0.39 is 0 Å². The molecule has 2 saturated heterocycles. The van der Waals surface area contributed by atoms with E-state index in [0.717, 1.165) is 45.3 Å². The number of rotatable bonds is 1. The van der Waals surface area contributed by atoms with Gasteiger partial charge in [-0.2, -0.15) is 0 Å². The fourth-order valence-corrected chi connectivity index (χ4v) is 2.78. The first-order valence-electron chi connectivity index (χ1n) is 6.41. The Balaban J connectivity index is 1.92. The maximum atomic E-state index is 12.0. The molecular weight excluding hydrogens is 218 g/mol. The van der Waals surface area contributed by atoms with Crippen molar-refractivity contribution in [2.75, 3.05) is 19.6 Å². The molecule has 2 fully saturated rings. The van der Waals surface area contributed by atoms with Crippen molar-refractivity contribution < 1.29 is 9.59 Å². The van der Waals surface area contributed by atoms with Gasteiger partial charge in [-0.05, 0) is 25.7 Å². The molecule has 17 heavy (non-hydrogen) atoms. The summed E-state index contributed by atoms with van der Waals surface area (Å²) in [4.78, 5) is 27.0. The van der Waals surface area contributed by atoms with Gasteiger partial charge in [0, 0.05) is 32.6 Å². The summed E-state index contributed by atoms with van der Waals surface area (Å²) in [5, 5.41) is 0. The van der Waals surface area contributed by atoms with Gasteiger partial charge in [0.1, 0.15) is 0 Å². The van der Waals surface area contributed by atoms with E-state index in [-0.39, 0.29) is 23.9 Å². The Bertz CT molecular complexity index is 311. The quantitative estimate of drug-likeness (QED) is 0.697. The average molecular weight is 239 g/mol. The molecule has 0 aromatic carbocycles. The maximum absolute atomic E-state index is 12.0. The largest absolute Gasteiger partial charge is 0.343 e. The van der Waals surface area contributed by atoms with Crippen LogP contribution in [0, 0.1) is 0 Å². The molecule has 0 aromatic rings. The maximum Gasteiger partial charge on any atom is 0.239 e. The molecule has 96 valence electrons. The minimum absolute atomic E-state index is 0.0949. The first-order valence-corrected chi connectivity index (χ1v) is 6.41. The van der Waals surface area contributed by atoms with E-state index in [0.29, 0.717) is 0 Å². The van der Waals surface area contributed by atoms with Gasteiger partial charge in [-0.25, -0.2) is 0 Å². The minimum atomic E-state index is -0.311. The lowest BCUT2D eigenvalue weighted by molar-refractivity contribution is -0.139. The van der Waals surface area contributed by atoms with Crippen molar-refractivity contribution in [3.8, 4) is 0 Å². The van der Waals surface area contributed by atoms with Crippen molar-refractivity contribution in [1.82, 2.24) is 9.80 Å². The van der Waals surface area contributed by atoms with Crippen LogP contribution in [0.4, 0.5) is 0 Å². The second kappa shape index (κ2) is 5.04. The van der Waals surface area contributed by atoms with E-state index >= 15 is 0 Å². The van der Waals surface area contributed by atoms with Gasteiger partial charge in [0.15, 0.2) is 0 Å². The predicted molar refractivity (Wildman–Crippen MR) is 64.2 cm³/mol. The van der Waals surface area contributed by atoms with E-state index in [1.165, 1.54) is 0 Å². The van der Waals surface area contributed by atoms with Crippen LogP contribution in [-0.4, -0.2) is 53.3 Å². The van der Waals surface area contributed by atoms with Crippen molar-refractivity contribution in [2.45, 2.75) is 44.7 Å². The Labute approximate surface area is 102 Å². The third-order valence-electron chi connectivity index (χ3n) is 3.87. The van der Waals surface area contributed by atoms with E-state index in [1.54, 1.807) is 6.92 Å². The van der Waals surface area contributed by atoms with Gasteiger partial charge in [-0.1, -0.05) is 0 Å². The molecule has 0 aliphatic carbocycles. The molecular formula is C12H21N3O2. The van der Waals surface area contributed by atoms with Gasteiger partial charge >= 0.3 is 0 Å². The van der Waals surface area contributed by atoms with Gasteiger partial charge in [0.05, 0.1) is 6.04 Å². The first-order chi connectivity index (χ1) is 8.09. The molecule has 1 atom stereocenters. The lowest BCUT2D eigenvalue weighted by Gasteiger charge is -2.41. The smallest absolute Gasteiger partial charge is 0.239 e. The second-order valence-corrected chi connectivity index (χ2v) is 5.02.